The van der Waals surface area contributed by atoms with Crippen molar-refractivity contribution in [3.8, 4) is 0 Å². The average molecular weight is 620 g/mol. The summed E-state index contributed by atoms with van der Waals surface area (Å²) in [5.41, 5.74) is -0.0950. The number of amides is 3. The first kappa shape index (κ1) is 35.0. The van der Waals surface area contributed by atoms with E-state index in [1.807, 2.05) is 67.6 Å². The smallest absolute Gasteiger partial charge is 0.408 e. The Morgan fingerprint density at radius 2 is 1.58 bits per heavy atom. The van der Waals surface area contributed by atoms with E-state index in [2.05, 4.69) is 15.6 Å². The average Bonchev–Trinajstić information content (AvgIpc) is 3.41. The number of Topliss-reactive ketones (excluding diaryl/α,β-unsaturated/α-hetero) is 1. The molecule has 0 saturated carbocycles. The highest BCUT2D eigenvalue weighted by Gasteiger charge is 2.35. The molecule has 0 saturated heterocycles. The van der Waals surface area contributed by atoms with E-state index in [1.165, 1.54) is 6.33 Å². The number of benzene rings is 2. The maximum atomic E-state index is 13.4. The number of nitrogens with one attached hydrogen (secondary N) is 2. The summed E-state index contributed by atoms with van der Waals surface area (Å²) in [5, 5.41) is 5.35. The van der Waals surface area contributed by atoms with E-state index in [-0.39, 0.29) is 49.7 Å². The second-order valence-electron chi connectivity index (χ2n) is 12.6. The van der Waals surface area contributed by atoms with Crippen molar-refractivity contribution in [3.05, 3.63) is 84.3 Å². The van der Waals surface area contributed by atoms with Crippen LogP contribution in [0.25, 0.3) is 0 Å². The molecule has 0 fully saturated rings. The molecule has 2 atom stereocenters. The van der Waals surface area contributed by atoms with Crippen molar-refractivity contribution in [3.63, 3.8) is 0 Å². The number of rotatable bonds is 14. The Morgan fingerprint density at radius 3 is 2.20 bits per heavy atom. The van der Waals surface area contributed by atoms with Gasteiger partial charge in [-0.25, -0.2) is 9.78 Å². The molecule has 1 aromatic heterocycles. The van der Waals surface area contributed by atoms with Crippen LogP contribution < -0.4 is 10.6 Å². The number of carbonyl (C=O) groups is 4. The maximum Gasteiger partial charge on any atom is 0.408 e. The topological polar surface area (TPSA) is 132 Å². The number of aromatic nitrogens is 2. The lowest BCUT2D eigenvalue weighted by atomic mass is 9.90. The lowest BCUT2D eigenvalue weighted by Gasteiger charge is -2.28. The molecule has 242 valence electrons. The molecule has 0 aliphatic heterocycles. The van der Waals surface area contributed by atoms with Crippen molar-refractivity contribution in [1.29, 1.82) is 0 Å². The Labute approximate surface area is 265 Å². The number of likely N-dealkylation sites (N-methyl/N-ethyl adjacent to an activating group) is 1. The lowest BCUT2D eigenvalue weighted by molar-refractivity contribution is -0.132. The molecular formula is C34H45N5O6. The molecule has 3 aromatic rings. The molecule has 0 aliphatic carbocycles. The molecule has 0 unspecified atom stereocenters. The molecule has 0 aliphatic rings. The number of ether oxygens (including phenoxy) is 2. The van der Waals surface area contributed by atoms with Crippen molar-refractivity contribution < 1.29 is 28.7 Å². The molecule has 11 nitrogen and oxygen atoms in total. The molecule has 0 spiro atoms. The van der Waals surface area contributed by atoms with Gasteiger partial charge >= 0.3 is 6.09 Å². The van der Waals surface area contributed by atoms with E-state index in [4.69, 9.17) is 9.47 Å². The van der Waals surface area contributed by atoms with Crippen LogP contribution in [-0.4, -0.2) is 62.9 Å². The molecule has 3 amide bonds. The van der Waals surface area contributed by atoms with Gasteiger partial charge in [-0.1, -0.05) is 60.7 Å². The van der Waals surface area contributed by atoms with Gasteiger partial charge in [0.15, 0.2) is 11.6 Å². The normalized spacial score (nSPS) is 13.0. The Balaban J connectivity index is 1.66. The molecular weight excluding hydrogens is 574 g/mol. The summed E-state index contributed by atoms with van der Waals surface area (Å²) in [6.45, 7) is 10.5. The van der Waals surface area contributed by atoms with Crippen LogP contribution in [0.5, 0.6) is 0 Å². The summed E-state index contributed by atoms with van der Waals surface area (Å²) < 4.78 is 12.7. The van der Waals surface area contributed by atoms with Gasteiger partial charge in [0, 0.05) is 19.7 Å². The number of nitrogens with zero attached hydrogens (tertiary/aromatic N) is 3. The van der Waals surface area contributed by atoms with E-state index >= 15 is 0 Å². The largest absolute Gasteiger partial charge is 0.444 e. The van der Waals surface area contributed by atoms with Gasteiger partial charge in [-0.3, -0.25) is 14.4 Å². The van der Waals surface area contributed by atoms with Crippen LogP contribution in [-0.2, 0) is 37.0 Å². The van der Waals surface area contributed by atoms with Gasteiger partial charge in [0.05, 0.1) is 37.0 Å². The zero-order chi connectivity index (χ0) is 33.2. The minimum Gasteiger partial charge on any atom is -0.444 e. The summed E-state index contributed by atoms with van der Waals surface area (Å²) in [4.78, 5) is 58.0. The van der Waals surface area contributed by atoms with E-state index in [0.29, 0.717) is 0 Å². The monoisotopic (exact) mass is 619 g/mol. The first-order valence-corrected chi connectivity index (χ1v) is 14.9. The van der Waals surface area contributed by atoms with Gasteiger partial charge in [-0.2, -0.15) is 0 Å². The third-order valence-electron chi connectivity index (χ3n) is 7.20. The van der Waals surface area contributed by atoms with Gasteiger partial charge in [0.2, 0.25) is 11.8 Å². The number of anilines is 1. The van der Waals surface area contributed by atoms with Crippen LogP contribution in [0.1, 0.15) is 65.1 Å². The predicted octanol–water partition coefficient (Wildman–Crippen LogP) is 5.14. The van der Waals surface area contributed by atoms with E-state index in [1.54, 1.807) is 57.3 Å². The van der Waals surface area contributed by atoms with Crippen molar-refractivity contribution in [2.45, 2.75) is 78.3 Å². The molecule has 3 rings (SSSR count). The molecule has 2 aromatic carbocycles. The minimum absolute atomic E-state index is 0.0309. The Bertz CT molecular complexity index is 1430. The third-order valence-corrected chi connectivity index (χ3v) is 7.20. The highest BCUT2D eigenvalue weighted by Crippen LogP contribution is 2.20. The van der Waals surface area contributed by atoms with Crippen molar-refractivity contribution >= 4 is 29.5 Å². The van der Waals surface area contributed by atoms with Gasteiger partial charge in [-0.15, -0.1) is 0 Å². The summed E-state index contributed by atoms with van der Waals surface area (Å²) in [7, 11) is 1.75. The summed E-state index contributed by atoms with van der Waals surface area (Å²) >= 11 is 0. The van der Waals surface area contributed by atoms with Crippen LogP contribution >= 0.6 is 0 Å². The second-order valence-corrected chi connectivity index (χ2v) is 12.6. The van der Waals surface area contributed by atoms with Crippen molar-refractivity contribution in [2.24, 2.45) is 5.92 Å². The summed E-state index contributed by atoms with van der Waals surface area (Å²) in [6.07, 6.45) is 2.10. The number of hydrogen-bond acceptors (Lipinski definition) is 7. The zero-order valence-corrected chi connectivity index (χ0v) is 27.2. The predicted molar refractivity (Wildman–Crippen MR) is 171 cm³/mol. The Kier molecular flexibility index (Phi) is 12.0. The SMILES string of the molecule is C[C@@H](c1ccccc1)N(C)C(=O)Cn1cnc(NC(=O)[C@@H](COCc2ccccc2)CC(=O)C(C)(C)NC(=O)OC(C)(C)C)c1. The quantitative estimate of drug-likeness (QED) is 0.256. The highest BCUT2D eigenvalue weighted by atomic mass is 16.6. The fraction of sp³-hybridized carbons (Fsp3) is 0.441. The van der Waals surface area contributed by atoms with Gasteiger partial charge in [0.25, 0.3) is 0 Å². The molecule has 1 heterocycles. The van der Waals surface area contributed by atoms with E-state index < -0.39 is 29.1 Å². The van der Waals surface area contributed by atoms with Crippen LogP contribution in [0.2, 0.25) is 0 Å². The first-order chi connectivity index (χ1) is 21.1. The number of carbonyl (C=O) groups excluding carboxylic acids is 4. The minimum atomic E-state index is -1.30. The number of hydrogen-bond donors (Lipinski definition) is 2. The number of ketones is 1. The van der Waals surface area contributed by atoms with E-state index in [0.717, 1.165) is 11.1 Å². The molecule has 2 N–H and O–H groups in total. The van der Waals surface area contributed by atoms with Crippen molar-refractivity contribution in [2.75, 3.05) is 19.0 Å². The zero-order valence-electron chi connectivity index (χ0n) is 27.2. The van der Waals surface area contributed by atoms with Gasteiger partial charge in [0.1, 0.15) is 12.1 Å². The Hall–Kier alpha value is -4.51. The van der Waals surface area contributed by atoms with Crippen LogP contribution in [0.3, 0.4) is 0 Å². The molecule has 11 heteroatoms. The standard InChI is InChI=1S/C34H45N5O6/c1-24(26-16-12-9-13-17-26)38(7)30(41)20-39-19-29(35-23-39)36-31(42)27(22-44-21-25-14-10-8-11-15-25)18-28(40)34(5,6)37-32(43)45-33(2,3)4/h8-17,19,23-24,27H,18,20-22H2,1-7H3,(H,36,42)(H,37,43)/t24-,27+/m0/s1. The highest BCUT2D eigenvalue weighted by molar-refractivity contribution is 5.98. The van der Waals surface area contributed by atoms with Gasteiger partial charge in [-0.05, 0) is 52.7 Å². The molecule has 0 bridgehead atoms. The first-order valence-electron chi connectivity index (χ1n) is 14.9. The Morgan fingerprint density at radius 1 is 0.956 bits per heavy atom. The summed E-state index contributed by atoms with van der Waals surface area (Å²) in [6, 6.07) is 19.1. The van der Waals surface area contributed by atoms with E-state index in [9.17, 15) is 19.2 Å². The van der Waals surface area contributed by atoms with Gasteiger partial charge < -0.3 is 29.6 Å². The number of imidazole rings is 1. The fourth-order valence-corrected chi connectivity index (χ4v) is 4.41. The lowest BCUT2D eigenvalue weighted by Crippen LogP contribution is -2.52. The molecule has 0 radical (unpaired) electrons. The fourth-order valence-electron chi connectivity index (χ4n) is 4.41. The van der Waals surface area contributed by atoms with Crippen LogP contribution in [0, 0.1) is 5.92 Å². The van der Waals surface area contributed by atoms with Crippen LogP contribution in [0.15, 0.2) is 73.2 Å². The maximum absolute atomic E-state index is 13.4. The second kappa shape index (κ2) is 15.5. The van der Waals surface area contributed by atoms with Crippen molar-refractivity contribution in [1.82, 2.24) is 19.8 Å². The third kappa shape index (κ3) is 11.2. The number of alkyl carbamates (subject to hydrolysis) is 1. The van der Waals surface area contributed by atoms with Crippen LogP contribution in [0.4, 0.5) is 10.6 Å². The summed E-state index contributed by atoms with van der Waals surface area (Å²) in [5.74, 6) is -1.62. The molecule has 45 heavy (non-hydrogen) atoms.